The third-order valence-electron chi connectivity index (χ3n) is 3.28. The lowest BCUT2D eigenvalue weighted by Crippen LogP contribution is -2.27. The average molecular weight is 357 g/mol. The van der Waals surface area contributed by atoms with Crippen molar-refractivity contribution in [3.8, 4) is 0 Å². The van der Waals surface area contributed by atoms with Crippen LogP contribution in [0.1, 0.15) is 16.1 Å². The molecule has 0 bridgehead atoms. The van der Waals surface area contributed by atoms with Crippen LogP contribution in [0.25, 0.3) is 0 Å². The van der Waals surface area contributed by atoms with E-state index in [9.17, 15) is 4.79 Å². The van der Waals surface area contributed by atoms with Gasteiger partial charge < -0.3 is 19.9 Å². The summed E-state index contributed by atoms with van der Waals surface area (Å²) in [5, 5.41) is 6.91. The first-order valence-electron chi connectivity index (χ1n) is 6.99. The lowest BCUT2D eigenvalue weighted by molar-refractivity contribution is 0.0937. The van der Waals surface area contributed by atoms with Crippen LogP contribution < -0.4 is 10.6 Å². The highest BCUT2D eigenvalue weighted by Crippen LogP contribution is 2.25. The molecule has 0 fully saturated rings. The van der Waals surface area contributed by atoms with E-state index in [4.69, 9.17) is 27.9 Å². The number of halogens is 2. The first-order valence-corrected chi connectivity index (χ1v) is 7.75. The molecule has 23 heavy (non-hydrogen) atoms. The summed E-state index contributed by atoms with van der Waals surface area (Å²) in [4.78, 5) is 16.1. The van der Waals surface area contributed by atoms with Crippen LogP contribution in [0.15, 0.2) is 24.4 Å². The van der Waals surface area contributed by atoms with Crippen LogP contribution in [0.4, 0.5) is 5.82 Å². The van der Waals surface area contributed by atoms with Crippen molar-refractivity contribution in [2.45, 2.75) is 6.54 Å². The summed E-state index contributed by atoms with van der Waals surface area (Å²) in [5.41, 5.74) is 1.43. The van der Waals surface area contributed by atoms with Crippen LogP contribution in [-0.4, -0.2) is 35.7 Å². The molecule has 0 spiro atoms. The fourth-order valence-corrected chi connectivity index (χ4v) is 2.36. The van der Waals surface area contributed by atoms with Gasteiger partial charge in [0.1, 0.15) is 11.0 Å². The highest BCUT2D eigenvalue weighted by atomic mass is 35.5. The van der Waals surface area contributed by atoms with Crippen molar-refractivity contribution in [1.29, 1.82) is 0 Å². The molecule has 2 aromatic rings. The summed E-state index contributed by atoms with van der Waals surface area (Å²) in [5.74, 6) is 0.481. The number of methoxy groups -OCH3 is 1. The Hall–Kier alpha value is -1.76. The van der Waals surface area contributed by atoms with E-state index in [-0.39, 0.29) is 5.91 Å². The molecule has 0 radical (unpaired) electrons. The molecule has 0 aromatic carbocycles. The Labute approximate surface area is 144 Å². The minimum absolute atomic E-state index is 0.179. The van der Waals surface area contributed by atoms with E-state index in [1.165, 1.54) is 6.20 Å². The van der Waals surface area contributed by atoms with Gasteiger partial charge >= 0.3 is 0 Å². The Morgan fingerprint density at radius 1 is 1.39 bits per heavy atom. The zero-order chi connectivity index (χ0) is 16.8. The summed E-state index contributed by atoms with van der Waals surface area (Å²) in [6.45, 7) is 1.46. The van der Waals surface area contributed by atoms with Gasteiger partial charge in [-0.1, -0.05) is 23.2 Å². The van der Waals surface area contributed by atoms with Gasteiger partial charge in [0.25, 0.3) is 5.91 Å². The highest BCUT2D eigenvalue weighted by Gasteiger charge is 2.09. The minimum atomic E-state index is -0.179. The predicted molar refractivity (Wildman–Crippen MR) is 91.2 cm³/mol. The van der Waals surface area contributed by atoms with E-state index in [1.54, 1.807) is 29.9 Å². The maximum absolute atomic E-state index is 11.8. The Balaban J connectivity index is 1.92. The first kappa shape index (κ1) is 17.6. The summed E-state index contributed by atoms with van der Waals surface area (Å²) in [6.07, 6.45) is 1.52. The average Bonchev–Trinajstić information content (AvgIpc) is 2.80. The number of carbonyl (C=O) groups is 1. The van der Waals surface area contributed by atoms with Crippen molar-refractivity contribution in [3.63, 3.8) is 0 Å². The summed E-state index contributed by atoms with van der Waals surface area (Å²) in [7, 11) is 3.42. The van der Waals surface area contributed by atoms with Crippen molar-refractivity contribution in [2.24, 2.45) is 7.05 Å². The van der Waals surface area contributed by atoms with Crippen molar-refractivity contribution in [3.05, 3.63) is 45.8 Å². The number of pyridine rings is 1. The molecule has 0 aliphatic rings. The number of amides is 1. The van der Waals surface area contributed by atoms with E-state index in [1.807, 2.05) is 7.05 Å². The topological polar surface area (TPSA) is 68.2 Å². The predicted octanol–water partition coefficient (Wildman–Crippen LogP) is 2.72. The third kappa shape index (κ3) is 4.60. The smallest absolute Gasteiger partial charge is 0.252 e. The highest BCUT2D eigenvalue weighted by molar-refractivity contribution is 6.41. The molecule has 0 unspecified atom stereocenters. The number of nitrogens with one attached hydrogen (secondary N) is 2. The lowest BCUT2D eigenvalue weighted by Gasteiger charge is -2.08. The number of nitrogens with zero attached hydrogens (tertiary/aromatic N) is 2. The lowest BCUT2D eigenvalue weighted by atomic mass is 10.2. The molecule has 0 saturated heterocycles. The van der Waals surface area contributed by atoms with Crippen molar-refractivity contribution >= 4 is 34.9 Å². The number of carbonyl (C=O) groups excluding carboxylic acids is 1. The van der Waals surface area contributed by atoms with Gasteiger partial charge in [0, 0.05) is 32.6 Å². The standard InChI is InChI=1S/C15H18Cl2N4O2/c1-21-11(7-12(16)14(21)17)9-20-13-4-3-10(8-19-13)15(22)18-5-6-23-2/h3-4,7-8H,5-6,9H2,1-2H3,(H,18,22)(H,19,20). The van der Waals surface area contributed by atoms with Gasteiger partial charge in [-0.25, -0.2) is 4.98 Å². The van der Waals surface area contributed by atoms with Gasteiger partial charge in [-0.3, -0.25) is 4.79 Å². The number of ether oxygens (including phenoxy) is 1. The van der Waals surface area contributed by atoms with Gasteiger partial charge in [-0.15, -0.1) is 0 Å². The molecule has 124 valence electrons. The van der Waals surface area contributed by atoms with Crippen LogP contribution in [0, 0.1) is 0 Å². The second-order valence-corrected chi connectivity index (χ2v) is 5.63. The molecule has 2 aromatic heterocycles. The molecule has 2 N–H and O–H groups in total. The molecule has 2 heterocycles. The second kappa shape index (κ2) is 8.19. The minimum Gasteiger partial charge on any atom is -0.383 e. The Bertz CT molecular complexity index is 671. The second-order valence-electron chi connectivity index (χ2n) is 4.87. The molecule has 0 aliphatic heterocycles. The molecule has 0 saturated carbocycles. The molecule has 8 heteroatoms. The summed E-state index contributed by atoms with van der Waals surface area (Å²) >= 11 is 12.0. The zero-order valence-corrected chi connectivity index (χ0v) is 14.4. The first-order chi connectivity index (χ1) is 11.0. The van der Waals surface area contributed by atoms with Crippen LogP contribution in [0.2, 0.25) is 10.2 Å². The number of hydrogen-bond acceptors (Lipinski definition) is 4. The Morgan fingerprint density at radius 3 is 2.74 bits per heavy atom. The maximum atomic E-state index is 11.8. The van der Waals surface area contributed by atoms with E-state index < -0.39 is 0 Å². The van der Waals surface area contributed by atoms with E-state index >= 15 is 0 Å². The van der Waals surface area contributed by atoms with Crippen molar-refractivity contribution in [2.75, 3.05) is 25.6 Å². The molecule has 2 rings (SSSR count). The van der Waals surface area contributed by atoms with Crippen LogP contribution in [0.5, 0.6) is 0 Å². The molecule has 6 nitrogen and oxygen atoms in total. The quantitative estimate of drug-likeness (QED) is 0.748. The van der Waals surface area contributed by atoms with Gasteiger partial charge in [-0.2, -0.15) is 0 Å². The molecule has 0 aliphatic carbocycles. The summed E-state index contributed by atoms with van der Waals surface area (Å²) < 4.78 is 6.68. The molecule has 1 amide bonds. The fraction of sp³-hybridized carbons (Fsp3) is 0.333. The van der Waals surface area contributed by atoms with Gasteiger partial charge in [0.15, 0.2) is 0 Å². The van der Waals surface area contributed by atoms with E-state index in [2.05, 4.69) is 15.6 Å². The summed E-state index contributed by atoms with van der Waals surface area (Å²) in [6, 6.07) is 5.26. The largest absolute Gasteiger partial charge is 0.383 e. The van der Waals surface area contributed by atoms with Gasteiger partial charge in [-0.05, 0) is 18.2 Å². The Kier molecular flexibility index (Phi) is 6.27. The molecular weight excluding hydrogens is 339 g/mol. The molecular formula is C15H18Cl2N4O2. The van der Waals surface area contributed by atoms with E-state index in [0.29, 0.717) is 41.3 Å². The Morgan fingerprint density at radius 2 is 2.17 bits per heavy atom. The van der Waals surface area contributed by atoms with Crippen LogP contribution in [0.3, 0.4) is 0 Å². The van der Waals surface area contributed by atoms with Crippen molar-refractivity contribution < 1.29 is 9.53 Å². The van der Waals surface area contributed by atoms with Crippen molar-refractivity contribution in [1.82, 2.24) is 14.9 Å². The maximum Gasteiger partial charge on any atom is 0.252 e. The fourth-order valence-electron chi connectivity index (χ4n) is 1.94. The monoisotopic (exact) mass is 356 g/mol. The SMILES string of the molecule is COCCNC(=O)c1ccc(NCc2cc(Cl)c(Cl)n2C)nc1. The number of anilines is 1. The van der Waals surface area contributed by atoms with Gasteiger partial charge in [0.2, 0.25) is 0 Å². The van der Waals surface area contributed by atoms with E-state index in [0.717, 1.165) is 5.69 Å². The zero-order valence-electron chi connectivity index (χ0n) is 12.9. The van der Waals surface area contributed by atoms with Gasteiger partial charge in [0.05, 0.1) is 23.7 Å². The number of hydrogen-bond donors (Lipinski definition) is 2. The number of rotatable bonds is 7. The van der Waals surface area contributed by atoms with Crippen LogP contribution in [-0.2, 0) is 18.3 Å². The third-order valence-corrected chi connectivity index (χ3v) is 4.13. The normalized spacial score (nSPS) is 10.6. The molecule has 0 atom stereocenters. The van der Waals surface area contributed by atoms with Crippen LogP contribution >= 0.6 is 23.2 Å². The number of aromatic nitrogens is 2.